The van der Waals surface area contributed by atoms with E-state index in [9.17, 15) is 4.39 Å². The summed E-state index contributed by atoms with van der Waals surface area (Å²) >= 11 is -3.47. The van der Waals surface area contributed by atoms with Gasteiger partial charge >= 0.3 is 289 Å². The molecule has 0 bridgehead atoms. The van der Waals surface area contributed by atoms with Crippen molar-refractivity contribution < 1.29 is 4.39 Å². The van der Waals surface area contributed by atoms with Gasteiger partial charge in [0, 0.05) is 0 Å². The molecule has 0 aliphatic heterocycles. The summed E-state index contributed by atoms with van der Waals surface area (Å²) < 4.78 is 22.3. The minimum atomic E-state index is -3.47. The molecular weight excluding hydrogens is 768 g/mol. The van der Waals surface area contributed by atoms with Crippen LogP contribution in [0.5, 0.6) is 0 Å². The molecule has 10 aromatic rings. The third kappa shape index (κ3) is 6.21. The molecule has 10 rings (SSSR count). The Labute approximate surface area is 341 Å². The zero-order chi connectivity index (χ0) is 38.9. The van der Waals surface area contributed by atoms with Gasteiger partial charge in [0.1, 0.15) is 0 Å². The van der Waals surface area contributed by atoms with Gasteiger partial charge in [-0.1, -0.05) is 42.5 Å². The van der Waals surface area contributed by atoms with Crippen LogP contribution in [0.15, 0.2) is 237 Å². The number of anilines is 3. The van der Waals surface area contributed by atoms with Crippen LogP contribution in [0.3, 0.4) is 0 Å². The van der Waals surface area contributed by atoms with Gasteiger partial charge in [-0.2, -0.15) is 0 Å². The van der Waals surface area contributed by atoms with E-state index in [4.69, 9.17) is 0 Å². The first-order chi connectivity index (χ1) is 28.7. The van der Waals surface area contributed by atoms with Crippen molar-refractivity contribution in [1.82, 2.24) is 4.57 Å². The molecule has 2 nitrogen and oxygen atoms in total. The van der Waals surface area contributed by atoms with Crippen molar-refractivity contribution in [2.45, 2.75) is 0 Å². The second kappa shape index (κ2) is 15.2. The van der Waals surface area contributed by atoms with Crippen LogP contribution in [0, 0.1) is 5.82 Å². The number of fused-ring (bicyclic) bond motifs is 3. The topological polar surface area (TPSA) is 8.17 Å². The first-order valence-electron chi connectivity index (χ1n) is 19.7. The molecule has 0 fully saturated rings. The Kier molecular flexibility index (Phi) is 9.29. The number of para-hydroxylation sites is 1. The number of rotatable bonds is 9. The molecule has 58 heavy (non-hydrogen) atoms. The first-order valence-corrected chi connectivity index (χ1v) is 23.9. The molecule has 1 heterocycles. The third-order valence-electron chi connectivity index (χ3n) is 11.4. The zero-order valence-corrected chi connectivity index (χ0v) is 33.9. The van der Waals surface area contributed by atoms with Crippen molar-refractivity contribution >= 4 is 69.7 Å². The van der Waals surface area contributed by atoms with Crippen LogP contribution in [0.4, 0.5) is 21.5 Å². The molecular formula is C54H39FGeN2. The van der Waals surface area contributed by atoms with E-state index in [1.165, 1.54) is 34.1 Å². The number of hydrogen-bond acceptors (Lipinski definition) is 1. The SMILES string of the molecule is Fc1ccc(N(c2cc[c]([Ge]([c]3ccccc3)([c]3ccccc3)[c]3ccccc3)cc2)c2ccc3c(c2)c2ccccc2n3-c2ccc(-c3ccccc3)cc2)cc1. The van der Waals surface area contributed by atoms with E-state index in [-0.39, 0.29) is 5.82 Å². The van der Waals surface area contributed by atoms with Crippen LogP contribution in [0.1, 0.15) is 0 Å². The van der Waals surface area contributed by atoms with Crippen molar-refractivity contribution in [3.05, 3.63) is 242 Å². The number of nitrogens with zero attached hydrogens (tertiary/aromatic N) is 2. The summed E-state index contributed by atoms with van der Waals surface area (Å²) in [6.45, 7) is 0. The molecule has 0 radical (unpaired) electrons. The fourth-order valence-corrected chi connectivity index (χ4v) is 18.7. The first kappa shape index (κ1) is 35.5. The fourth-order valence-electron chi connectivity index (χ4n) is 8.77. The van der Waals surface area contributed by atoms with Crippen LogP contribution in [-0.4, -0.2) is 17.8 Å². The quantitative estimate of drug-likeness (QED) is 0.132. The Balaban J connectivity index is 1.12. The van der Waals surface area contributed by atoms with Gasteiger partial charge in [0.15, 0.2) is 0 Å². The summed E-state index contributed by atoms with van der Waals surface area (Å²) in [6.07, 6.45) is 0. The van der Waals surface area contributed by atoms with E-state index in [0.717, 1.165) is 39.2 Å². The molecule has 0 N–H and O–H groups in total. The van der Waals surface area contributed by atoms with Crippen LogP contribution in [0.25, 0.3) is 38.6 Å². The Morgan fingerprint density at radius 1 is 0.345 bits per heavy atom. The summed E-state index contributed by atoms with van der Waals surface area (Å²) in [4.78, 5) is 2.24. The van der Waals surface area contributed by atoms with Crippen molar-refractivity contribution in [3.8, 4) is 16.8 Å². The minimum absolute atomic E-state index is 0.262. The van der Waals surface area contributed by atoms with Crippen LogP contribution in [0.2, 0.25) is 0 Å². The summed E-state index contributed by atoms with van der Waals surface area (Å²) in [6, 6.07) is 83.7. The van der Waals surface area contributed by atoms with Crippen molar-refractivity contribution in [2.75, 3.05) is 4.90 Å². The Morgan fingerprint density at radius 2 is 0.776 bits per heavy atom. The van der Waals surface area contributed by atoms with Gasteiger partial charge in [-0.3, -0.25) is 0 Å². The zero-order valence-electron chi connectivity index (χ0n) is 31.8. The Hall–Kier alpha value is -6.95. The predicted octanol–water partition coefficient (Wildman–Crippen LogP) is 11.4. The Bertz CT molecular complexity index is 2870. The van der Waals surface area contributed by atoms with E-state index >= 15 is 0 Å². The number of halogens is 1. The standard InChI is InChI=1S/C54H39FGeN2/c55-42-27-33-47(34-28-42)57(48-35-29-46(30-36-48)56(43-17-7-2-8-18-43,44-19-9-3-10-20-44)45-21-11-4-12-22-45)50-37-38-54-52(39-50)51-23-13-14-24-53(51)58(54)49-31-25-41(26-32-49)40-15-5-1-6-16-40/h1-39H. The second-order valence-electron chi connectivity index (χ2n) is 14.7. The van der Waals surface area contributed by atoms with E-state index in [1.54, 1.807) is 12.1 Å². The van der Waals surface area contributed by atoms with Crippen LogP contribution < -0.4 is 22.5 Å². The molecule has 276 valence electrons. The molecule has 0 spiro atoms. The average Bonchev–Trinajstić information content (AvgIpc) is 3.63. The number of hydrogen-bond donors (Lipinski definition) is 0. The number of benzene rings is 9. The Morgan fingerprint density at radius 3 is 1.34 bits per heavy atom. The van der Waals surface area contributed by atoms with Gasteiger partial charge < -0.3 is 0 Å². The van der Waals surface area contributed by atoms with Crippen molar-refractivity contribution in [2.24, 2.45) is 0 Å². The van der Waals surface area contributed by atoms with Gasteiger partial charge in [0.2, 0.25) is 0 Å². The monoisotopic (exact) mass is 808 g/mol. The third-order valence-corrected chi connectivity index (χ3v) is 21.5. The average molecular weight is 808 g/mol. The van der Waals surface area contributed by atoms with Crippen LogP contribution >= 0.6 is 0 Å². The molecule has 0 amide bonds. The molecule has 0 unspecified atom stereocenters. The fraction of sp³-hybridized carbons (Fsp3) is 0. The summed E-state index contributed by atoms with van der Waals surface area (Å²) in [5.41, 5.74) is 8.64. The predicted molar refractivity (Wildman–Crippen MR) is 244 cm³/mol. The maximum absolute atomic E-state index is 14.5. The van der Waals surface area contributed by atoms with Gasteiger partial charge in [0.25, 0.3) is 0 Å². The van der Waals surface area contributed by atoms with Gasteiger partial charge in [-0.25, -0.2) is 0 Å². The van der Waals surface area contributed by atoms with Crippen molar-refractivity contribution in [3.63, 3.8) is 0 Å². The summed E-state index contributed by atoms with van der Waals surface area (Å²) in [5, 5.41) is 2.32. The molecule has 0 aliphatic rings. The van der Waals surface area contributed by atoms with E-state index < -0.39 is 13.3 Å². The molecule has 0 aliphatic carbocycles. The van der Waals surface area contributed by atoms with E-state index in [2.05, 4.69) is 216 Å². The number of aromatic nitrogens is 1. The molecule has 0 saturated carbocycles. The second-order valence-corrected chi connectivity index (χ2v) is 22.7. The van der Waals surface area contributed by atoms with E-state index in [1.807, 2.05) is 18.2 Å². The molecule has 1 aromatic heterocycles. The van der Waals surface area contributed by atoms with Crippen molar-refractivity contribution in [1.29, 1.82) is 0 Å². The molecule has 0 atom stereocenters. The molecule has 4 heteroatoms. The van der Waals surface area contributed by atoms with Gasteiger partial charge in [-0.15, -0.1) is 0 Å². The normalized spacial score (nSPS) is 11.5. The van der Waals surface area contributed by atoms with Gasteiger partial charge in [0.05, 0.1) is 0 Å². The molecule has 9 aromatic carbocycles. The van der Waals surface area contributed by atoms with Gasteiger partial charge in [-0.05, 0) is 11.1 Å². The van der Waals surface area contributed by atoms with Crippen LogP contribution in [-0.2, 0) is 0 Å². The van der Waals surface area contributed by atoms with E-state index in [0.29, 0.717) is 0 Å². The summed E-state index contributed by atoms with van der Waals surface area (Å²) in [7, 11) is 0. The maximum atomic E-state index is 14.5. The molecule has 0 saturated heterocycles. The summed E-state index contributed by atoms with van der Waals surface area (Å²) in [5.74, 6) is -0.262.